The molecule has 0 unspecified atom stereocenters. The van der Waals surface area contributed by atoms with Crippen LogP contribution in [0.1, 0.15) is 24.0 Å². The van der Waals surface area contributed by atoms with Crippen LogP contribution in [-0.2, 0) is 0 Å². The normalized spacial score (nSPS) is 16.0. The Morgan fingerprint density at radius 2 is 1.09 bits per heavy atom. The summed E-state index contributed by atoms with van der Waals surface area (Å²) in [6.07, 6.45) is 10.3. The average molecular weight is 455 g/mol. The van der Waals surface area contributed by atoms with Gasteiger partial charge in [0, 0.05) is 97.0 Å². The third-order valence-electron chi connectivity index (χ3n) is 6.69. The molecule has 4 aromatic rings. The van der Waals surface area contributed by atoms with Crippen molar-refractivity contribution in [2.24, 2.45) is 9.98 Å². The zero-order valence-electron chi connectivity index (χ0n) is 19.8. The lowest BCUT2D eigenvalue weighted by Gasteiger charge is -2.34. The molecule has 0 radical (unpaired) electrons. The molecule has 0 amide bonds. The standard InChI is InChI=1S/C28H34N6/c1-3-9-27-25(7-1)23(21-31-27)19-29-11-5-13-33-15-17-34(18-16-33)14-6-12-30-20-24-22-32-28-10-4-2-8-26(24)28/h1-4,7-10,19-22,31-32H,5-6,11-18H2. The van der Waals surface area contributed by atoms with E-state index in [9.17, 15) is 0 Å². The lowest BCUT2D eigenvalue weighted by Crippen LogP contribution is -2.46. The highest BCUT2D eigenvalue weighted by molar-refractivity contribution is 5.99. The molecule has 3 heterocycles. The Balaban J connectivity index is 0.954. The first-order valence-corrected chi connectivity index (χ1v) is 12.4. The van der Waals surface area contributed by atoms with E-state index >= 15 is 0 Å². The van der Waals surface area contributed by atoms with E-state index in [1.807, 2.05) is 24.8 Å². The van der Waals surface area contributed by atoms with Crippen LogP contribution >= 0.6 is 0 Å². The number of aliphatic imine (C=N–C) groups is 2. The third kappa shape index (κ3) is 5.64. The van der Waals surface area contributed by atoms with Crippen LogP contribution in [0.4, 0.5) is 0 Å². The van der Waals surface area contributed by atoms with Gasteiger partial charge in [0.15, 0.2) is 0 Å². The van der Waals surface area contributed by atoms with E-state index in [-0.39, 0.29) is 0 Å². The first-order valence-electron chi connectivity index (χ1n) is 12.4. The molecule has 6 heteroatoms. The zero-order chi connectivity index (χ0) is 23.0. The van der Waals surface area contributed by atoms with Crippen molar-refractivity contribution in [3.63, 3.8) is 0 Å². The summed E-state index contributed by atoms with van der Waals surface area (Å²) in [5, 5.41) is 2.48. The molecule has 2 aromatic carbocycles. The second-order valence-corrected chi connectivity index (χ2v) is 9.04. The minimum absolute atomic E-state index is 0.883. The molecule has 1 aliphatic rings. The van der Waals surface area contributed by atoms with Crippen molar-refractivity contribution in [3.8, 4) is 0 Å². The Kier molecular flexibility index (Phi) is 7.48. The lowest BCUT2D eigenvalue weighted by molar-refractivity contribution is 0.131. The maximum absolute atomic E-state index is 4.66. The van der Waals surface area contributed by atoms with Gasteiger partial charge in [-0.05, 0) is 38.1 Å². The average Bonchev–Trinajstić information content (AvgIpc) is 3.49. The van der Waals surface area contributed by atoms with Crippen molar-refractivity contribution < 1.29 is 0 Å². The monoisotopic (exact) mass is 454 g/mol. The first kappa shape index (κ1) is 22.6. The fourth-order valence-electron chi connectivity index (χ4n) is 4.74. The number of aromatic nitrogens is 2. The van der Waals surface area contributed by atoms with Gasteiger partial charge in [-0.15, -0.1) is 0 Å². The van der Waals surface area contributed by atoms with Gasteiger partial charge >= 0.3 is 0 Å². The van der Waals surface area contributed by atoms with Crippen molar-refractivity contribution in [2.45, 2.75) is 12.8 Å². The van der Waals surface area contributed by atoms with Gasteiger partial charge in [0.2, 0.25) is 0 Å². The Labute approximate surface area is 201 Å². The molecule has 0 bridgehead atoms. The number of hydrogen-bond acceptors (Lipinski definition) is 4. The predicted octanol–water partition coefficient (Wildman–Crippen LogP) is 4.59. The molecule has 0 aliphatic carbocycles. The predicted molar refractivity (Wildman–Crippen MR) is 144 cm³/mol. The van der Waals surface area contributed by atoms with Gasteiger partial charge in [0.05, 0.1) is 0 Å². The number of piperazine rings is 1. The van der Waals surface area contributed by atoms with Crippen LogP contribution in [0, 0.1) is 0 Å². The molecule has 0 spiro atoms. The summed E-state index contributed by atoms with van der Waals surface area (Å²) in [5.74, 6) is 0. The smallest absolute Gasteiger partial charge is 0.0460 e. The van der Waals surface area contributed by atoms with Crippen molar-refractivity contribution in [1.82, 2.24) is 19.8 Å². The van der Waals surface area contributed by atoms with E-state index in [0.29, 0.717) is 0 Å². The van der Waals surface area contributed by atoms with E-state index in [1.54, 1.807) is 0 Å². The number of nitrogens with zero attached hydrogens (tertiary/aromatic N) is 4. The summed E-state index contributed by atoms with van der Waals surface area (Å²) < 4.78 is 0. The molecule has 1 aliphatic heterocycles. The molecule has 2 aromatic heterocycles. The number of H-pyrrole nitrogens is 2. The number of aromatic amines is 2. The number of hydrogen-bond donors (Lipinski definition) is 2. The van der Waals surface area contributed by atoms with Gasteiger partial charge < -0.3 is 19.8 Å². The number of para-hydroxylation sites is 2. The Morgan fingerprint density at radius 3 is 1.56 bits per heavy atom. The van der Waals surface area contributed by atoms with Crippen molar-refractivity contribution in [3.05, 3.63) is 72.1 Å². The van der Waals surface area contributed by atoms with Gasteiger partial charge in [-0.3, -0.25) is 9.98 Å². The number of rotatable bonds is 10. The summed E-state index contributed by atoms with van der Waals surface area (Å²) in [6.45, 7) is 8.66. The summed E-state index contributed by atoms with van der Waals surface area (Å²) in [5.41, 5.74) is 4.69. The minimum atomic E-state index is 0.883. The highest BCUT2D eigenvalue weighted by Gasteiger charge is 2.15. The maximum atomic E-state index is 4.66. The zero-order valence-corrected chi connectivity index (χ0v) is 19.8. The summed E-state index contributed by atoms with van der Waals surface area (Å²) in [7, 11) is 0. The van der Waals surface area contributed by atoms with Crippen molar-refractivity contribution in [2.75, 3.05) is 52.4 Å². The van der Waals surface area contributed by atoms with Crippen LogP contribution in [0.2, 0.25) is 0 Å². The van der Waals surface area contributed by atoms with E-state index in [2.05, 4.69) is 78.3 Å². The largest absolute Gasteiger partial charge is 0.361 e. The van der Waals surface area contributed by atoms with Crippen LogP contribution in [-0.4, -0.2) is 84.6 Å². The van der Waals surface area contributed by atoms with Gasteiger partial charge in [0.1, 0.15) is 0 Å². The Morgan fingerprint density at radius 1 is 0.647 bits per heavy atom. The first-order chi connectivity index (χ1) is 16.9. The summed E-state index contributed by atoms with van der Waals surface area (Å²) in [4.78, 5) is 21.1. The molecule has 5 rings (SSSR count). The van der Waals surface area contributed by atoms with Crippen LogP contribution in [0.15, 0.2) is 70.9 Å². The molecular formula is C28H34N6. The summed E-state index contributed by atoms with van der Waals surface area (Å²) >= 11 is 0. The quantitative estimate of drug-likeness (QED) is 0.272. The molecule has 0 atom stereocenters. The maximum Gasteiger partial charge on any atom is 0.0460 e. The van der Waals surface area contributed by atoms with Crippen molar-refractivity contribution >= 4 is 34.2 Å². The van der Waals surface area contributed by atoms with Crippen LogP contribution in [0.3, 0.4) is 0 Å². The van der Waals surface area contributed by atoms with Gasteiger partial charge in [0.25, 0.3) is 0 Å². The molecule has 6 nitrogen and oxygen atoms in total. The summed E-state index contributed by atoms with van der Waals surface area (Å²) in [6, 6.07) is 16.7. The van der Waals surface area contributed by atoms with Crippen LogP contribution in [0.5, 0.6) is 0 Å². The SMILES string of the molecule is C(=NCCCN1CCN(CCCN=Cc2c[nH]c3ccccc23)CC1)c1c[nH]c2ccccc12. The number of nitrogens with one attached hydrogen (secondary N) is 2. The lowest BCUT2D eigenvalue weighted by atomic mass is 10.2. The highest BCUT2D eigenvalue weighted by Crippen LogP contribution is 2.16. The molecule has 1 fully saturated rings. The number of benzene rings is 2. The fourth-order valence-corrected chi connectivity index (χ4v) is 4.74. The molecule has 176 valence electrons. The topological polar surface area (TPSA) is 62.8 Å². The van der Waals surface area contributed by atoms with Gasteiger partial charge in [-0.25, -0.2) is 0 Å². The second-order valence-electron chi connectivity index (χ2n) is 9.04. The Hall–Kier alpha value is -3.22. The Bertz CT molecular complexity index is 1140. The molecule has 0 saturated carbocycles. The van der Waals surface area contributed by atoms with Gasteiger partial charge in [-0.1, -0.05) is 36.4 Å². The second kappa shape index (κ2) is 11.3. The van der Waals surface area contributed by atoms with E-state index in [1.165, 1.54) is 32.9 Å². The van der Waals surface area contributed by atoms with Crippen LogP contribution < -0.4 is 0 Å². The fraction of sp³-hybridized carbons (Fsp3) is 0.357. The third-order valence-corrected chi connectivity index (χ3v) is 6.69. The van der Waals surface area contributed by atoms with E-state index in [4.69, 9.17) is 0 Å². The molecular weight excluding hydrogens is 420 g/mol. The van der Waals surface area contributed by atoms with E-state index < -0.39 is 0 Å². The van der Waals surface area contributed by atoms with Crippen LogP contribution in [0.25, 0.3) is 21.8 Å². The molecule has 34 heavy (non-hydrogen) atoms. The highest BCUT2D eigenvalue weighted by atomic mass is 15.3. The van der Waals surface area contributed by atoms with Gasteiger partial charge in [-0.2, -0.15) is 0 Å². The molecule has 1 saturated heterocycles. The van der Waals surface area contributed by atoms with Crippen molar-refractivity contribution in [1.29, 1.82) is 0 Å². The number of fused-ring (bicyclic) bond motifs is 2. The molecule has 2 N–H and O–H groups in total. The van der Waals surface area contributed by atoms with E-state index in [0.717, 1.165) is 65.2 Å². The minimum Gasteiger partial charge on any atom is -0.361 e.